The lowest BCUT2D eigenvalue weighted by Crippen LogP contribution is -2.46. The summed E-state index contributed by atoms with van der Waals surface area (Å²) in [6.07, 6.45) is 1.37. The number of carbonyl (C=O) groups is 1. The number of nitro groups is 1. The number of carbonyl (C=O) groups excluding carboxylic acids is 1. The second-order valence-corrected chi connectivity index (χ2v) is 5.15. The molecular formula is C15H25ClN4O3. The molecule has 1 aromatic rings. The summed E-state index contributed by atoms with van der Waals surface area (Å²) in [6, 6.07) is 6.42. The van der Waals surface area contributed by atoms with Crippen molar-refractivity contribution in [3.05, 3.63) is 34.4 Å². The van der Waals surface area contributed by atoms with Crippen LogP contribution in [0.25, 0.3) is 0 Å². The molecule has 0 heterocycles. The van der Waals surface area contributed by atoms with E-state index in [4.69, 9.17) is 5.73 Å². The predicted molar refractivity (Wildman–Crippen MR) is 93.9 cm³/mol. The molecule has 0 atom stereocenters. The van der Waals surface area contributed by atoms with Gasteiger partial charge in [0.05, 0.1) is 10.3 Å². The van der Waals surface area contributed by atoms with E-state index < -0.39 is 10.3 Å². The Balaban J connectivity index is 0.00000484. The first-order valence-electron chi connectivity index (χ1n) is 7.46. The van der Waals surface area contributed by atoms with Gasteiger partial charge < -0.3 is 16.4 Å². The summed E-state index contributed by atoms with van der Waals surface area (Å²) < 4.78 is 0. The Labute approximate surface area is 142 Å². The number of nitrogens with zero attached hydrogens (tertiary/aromatic N) is 1. The fraction of sp³-hybridized carbons (Fsp3) is 0.533. The van der Waals surface area contributed by atoms with Crippen molar-refractivity contribution in [3.63, 3.8) is 0 Å². The Morgan fingerprint density at radius 1 is 1.26 bits per heavy atom. The van der Waals surface area contributed by atoms with E-state index in [1.165, 1.54) is 6.07 Å². The van der Waals surface area contributed by atoms with Crippen LogP contribution in [0.2, 0.25) is 0 Å². The smallest absolute Gasteiger partial charge is 0.292 e. The molecule has 0 bridgehead atoms. The normalized spacial score (nSPS) is 10.6. The van der Waals surface area contributed by atoms with Gasteiger partial charge in [0.1, 0.15) is 5.69 Å². The maximum Gasteiger partial charge on any atom is 0.292 e. The largest absolute Gasteiger partial charge is 0.378 e. The molecule has 130 valence electrons. The fourth-order valence-electron chi connectivity index (χ4n) is 2.30. The van der Waals surface area contributed by atoms with Crippen LogP contribution in [0.1, 0.15) is 26.7 Å². The number of nitrogens with one attached hydrogen (secondary N) is 2. The highest BCUT2D eigenvalue weighted by Crippen LogP contribution is 2.25. The van der Waals surface area contributed by atoms with E-state index in [1.54, 1.807) is 18.2 Å². The average molecular weight is 345 g/mol. The minimum Gasteiger partial charge on any atom is -0.378 e. The first-order chi connectivity index (χ1) is 10.5. The first-order valence-corrected chi connectivity index (χ1v) is 7.46. The number of halogens is 1. The third-order valence-corrected chi connectivity index (χ3v) is 4.05. The number of amides is 1. The van der Waals surface area contributed by atoms with Crippen LogP contribution in [0, 0.1) is 15.5 Å². The van der Waals surface area contributed by atoms with E-state index >= 15 is 0 Å². The zero-order valence-electron chi connectivity index (χ0n) is 13.5. The van der Waals surface area contributed by atoms with Gasteiger partial charge in [-0.15, -0.1) is 12.4 Å². The van der Waals surface area contributed by atoms with Gasteiger partial charge in [-0.25, -0.2) is 0 Å². The SMILES string of the molecule is CCC(CC)(CN)C(=O)NCCNc1ccccc1[N+](=O)[O-].Cl. The van der Waals surface area contributed by atoms with Crippen LogP contribution in [0.4, 0.5) is 11.4 Å². The van der Waals surface area contributed by atoms with Gasteiger partial charge in [-0.1, -0.05) is 26.0 Å². The maximum absolute atomic E-state index is 12.2. The molecule has 0 aliphatic rings. The topological polar surface area (TPSA) is 110 Å². The molecule has 8 heteroatoms. The monoisotopic (exact) mass is 344 g/mol. The van der Waals surface area contributed by atoms with Crippen LogP contribution < -0.4 is 16.4 Å². The predicted octanol–water partition coefficient (Wildman–Crippen LogP) is 2.31. The van der Waals surface area contributed by atoms with E-state index in [1.807, 2.05) is 13.8 Å². The van der Waals surface area contributed by atoms with Gasteiger partial charge >= 0.3 is 0 Å². The Bertz CT molecular complexity index is 513. The third-order valence-electron chi connectivity index (χ3n) is 4.05. The van der Waals surface area contributed by atoms with E-state index in [0.29, 0.717) is 38.2 Å². The van der Waals surface area contributed by atoms with Crippen LogP contribution in [0.3, 0.4) is 0 Å². The molecule has 1 amide bonds. The van der Waals surface area contributed by atoms with Crippen molar-refractivity contribution in [3.8, 4) is 0 Å². The van der Waals surface area contributed by atoms with Gasteiger partial charge in [0.25, 0.3) is 5.69 Å². The number of benzene rings is 1. The number of hydrogen-bond acceptors (Lipinski definition) is 5. The van der Waals surface area contributed by atoms with Gasteiger partial charge in [0, 0.05) is 25.7 Å². The summed E-state index contributed by atoms with van der Waals surface area (Å²) in [5, 5.41) is 16.7. The highest BCUT2D eigenvalue weighted by Gasteiger charge is 2.32. The molecule has 0 saturated heterocycles. The van der Waals surface area contributed by atoms with Crippen LogP contribution in [-0.4, -0.2) is 30.5 Å². The van der Waals surface area contributed by atoms with E-state index in [0.717, 1.165) is 0 Å². The van der Waals surface area contributed by atoms with Gasteiger partial charge in [0.2, 0.25) is 5.91 Å². The molecule has 1 rings (SSSR count). The van der Waals surface area contributed by atoms with Crippen molar-refractivity contribution in [2.24, 2.45) is 11.1 Å². The van der Waals surface area contributed by atoms with Crippen molar-refractivity contribution in [1.82, 2.24) is 5.32 Å². The summed E-state index contributed by atoms with van der Waals surface area (Å²) >= 11 is 0. The zero-order valence-corrected chi connectivity index (χ0v) is 14.3. The van der Waals surface area contributed by atoms with Gasteiger partial charge in [-0.2, -0.15) is 0 Å². The van der Waals surface area contributed by atoms with Crippen LogP contribution in [0.15, 0.2) is 24.3 Å². The van der Waals surface area contributed by atoms with Gasteiger partial charge in [-0.05, 0) is 18.9 Å². The highest BCUT2D eigenvalue weighted by atomic mass is 35.5. The first kappa shape index (κ1) is 21.1. The molecule has 0 aromatic heterocycles. The number of nitrogens with two attached hydrogens (primary N) is 1. The molecular weight excluding hydrogens is 320 g/mol. The number of para-hydroxylation sites is 2. The van der Waals surface area contributed by atoms with Gasteiger partial charge in [0.15, 0.2) is 0 Å². The van der Waals surface area contributed by atoms with Crippen molar-refractivity contribution < 1.29 is 9.72 Å². The Morgan fingerprint density at radius 2 is 1.87 bits per heavy atom. The van der Waals surface area contributed by atoms with Crippen LogP contribution in [0.5, 0.6) is 0 Å². The molecule has 0 fully saturated rings. The second kappa shape index (κ2) is 10.0. The van der Waals surface area contributed by atoms with E-state index in [9.17, 15) is 14.9 Å². The minimum atomic E-state index is -0.529. The second-order valence-electron chi connectivity index (χ2n) is 5.15. The fourth-order valence-corrected chi connectivity index (χ4v) is 2.30. The molecule has 0 radical (unpaired) electrons. The quantitative estimate of drug-likeness (QED) is 0.361. The Kier molecular flexibility index (Phi) is 9.21. The molecule has 4 N–H and O–H groups in total. The van der Waals surface area contributed by atoms with Crippen molar-refractivity contribution in [2.45, 2.75) is 26.7 Å². The summed E-state index contributed by atoms with van der Waals surface area (Å²) in [6.45, 7) is 4.99. The molecule has 0 saturated carbocycles. The number of hydrogen-bond donors (Lipinski definition) is 3. The molecule has 0 unspecified atom stereocenters. The molecule has 23 heavy (non-hydrogen) atoms. The third kappa shape index (κ3) is 5.37. The lowest BCUT2D eigenvalue weighted by Gasteiger charge is -2.28. The van der Waals surface area contributed by atoms with Crippen LogP contribution in [-0.2, 0) is 4.79 Å². The standard InChI is InChI=1S/C15H24N4O3.ClH/c1-3-15(4-2,11-16)14(20)18-10-9-17-12-7-5-6-8-13(12)19(21)22;/h5-8,17H,3-4,9-11,16H2,1-2H3,(H,18,20);1H. The number of nitro benzene ring substituents is 1. The summed E-state index contributed by atoms with van der Waals surface area (Å²) in [5.74, 6) is -0.0654. The van der Waals surface area contributed by atoms with Crippen molar-refractivity contribution in [1.29, 1.82) is 0 Å². The number of anilines is 1. The summed E-state index contributed by atoms with van der Waals surface area (Å²) in [4.78, 5) is 22.7. The van der Waals surface area contributed by atoms with E-state index in [-0.39, 0.29) is 24.0 Å². The van der Waals surface area contributed by atoms with Crippen molar-refractivity contribution in [2.75, 3.05) is 25.0 Å². The lowest BCUT2D eigenvalue weighted by atomic mass is 9.81. The highest BCUT2D eigenvalue weighted by molar-refractivity contribution is 5.85. The lowest BCUT2D eigenvalue weighted by molar-refractivity contribution is -0.384. The Hall–Kier alpha value is -1.86. The molecule has 0 aliphatic carbocycles. The van der Waals surface area contributed by atoms with Gasteiger partial charge in [-0.3, -0.25) is 14.9 Å². The van der Waals surface area contributed by atoms with E-state index in [2.05, 4.69) is 10.6 Å². The molecule has 0 spiro atoms. The summed E-state index contributed by atoms with van der Waals surface area (Å²) in [7, 11) is 0. The molecule has 0 aliphatic heterocycles. The van der Waals surface area contributed by atoms with Crippen LogP contribution >= 0.6 is 12.4 Å². The summed E-state index contributed by atoms with van der Waals surface area (Å²) in [5.41, 5.74) is 5.66. The van der Waals surface area contributed by atoms with Crippen molar-refractivity contribution >= 4 is 29.7 Å². The Morgan fingerprint density at radius 3 is 2.39 bits per heavy atom. The minimum absolute atomic E-state index is 0. The zero-order chi connectivity index (χ0) is 16.6. The number of rotatable bonds is 9. The molecule has 7 nitrogen and oxygen atoms in total. The maximum atomic E-state index is 12.2. The molecule has 1 aromatic carbocycles. The average Bonchev–Trinajstić information content (AvgIpc) is 2.54.